The van der Waals surface area contributed by atoms with Crippen molar-refractivity contribution in [2.75, 3.05) is 14.8 Å². The number of aryl methyl sites for hydroxylation is 2. The van der Waals surface area contributed by atoms with Crippen LogP contribution in [0.3, 0.4) is 0 Å². The molecule has 1 N–H and O–H groups in total. The predicted molar refractivity (Wildman–Crippen MR) is 98.3 cm³/mol. The molecule has 1 aromatic heterocycles. The molecule has 1 amide bonds. The molecule has 27 heavy (non-hydrogen) atoms. The summed E-state index contributed by atoms with van der Waals surface area (Å²) < 4.78 is 57.8. The lowest BCUT2D eigenvalue weighted by Gasteiger charge is -2.19. The average Bonchev–Trinajstić information content (AvgIpc) is 2.96. The Morgan fingerprint density at radius 3 is 2.37 bits per heavy atom. The van der Waals surface area contributed by atoms with Gasteiger partial charge < -0.3 is 4.52 Å². The first-order valence-electron chi connectivity index (χ1n) is 7.98. The van der Waals surface area contributed by atoms with Crippen LogP contribution in [0.4, 0.5) is 11.5 Å². The van der Waals surface area contributed by atoms with E-state index in [1.807, 2.05) is 0 Å². The molecular weight excluding hydrogens is 394 g/mol. The molecule has 11 heteroatoms. The van der Waals surface area contributed by atoms with Gasteiger partial charge in [-0.2, -0.15) is 0 Å². The van der Waals surface area contributed by atoms with E-state index in [0.29, 0.717) is 5.76 Å². The van der Waals surface area contributed by atoms with Crippen molar-refractivity contribution in [3.63, 3.8) is 0 Å². The topological polar surface area (TPSA) is 127 Å². The standard InChI is InChI=1S/C16H19N3O6S2/c1-10-7-12(19-15(20)16(3,4)9-26(19,21)22)5-6-13(10)27(23,24)18-14-8-11(2)25-17-14/h5-8H,9H2,1-4H3,(H,17,18). The van der Waals surface area contributed by atoms with Crippen LogP contribution in [0, 0.1) is 19.3 Å². The van der Waals surface area contributed by atoms with Gasteiger partial charge in [0.1, 0.15) is 5.76 Å². The number of rotatable bonds is 4. The molecule has 0 unspecified atom stereocenters. The molecule has 1 aliphatic heterocycles. The largest absolute Gasteiger partial charge is 0.360 e. The molecule has 0 atom stereocenters. The number of benzene rings is 1. The summed E-state index contributed by atoms with van der Waals surface area (Å²) in [5.74, 6) is -0.366. The molecule has 146 valence electrons. The minimum atomic E-state index is -3.96. The fourth-order valence-corrected chi connectivity index (χ4v) is 6.24. The first-order chi connectivity index (χ1) is 12.3. The summed E-state index contributed by atoms with van der Waals surface area (Å²) in [5, 5.41) is 3.58. The van der Waals surface area contributed by atoms with Crippen LogP contribution in [-0.2, 0) is 24.8 Å². The normalized spacial score (nSPS) is 18.7. The Balaban J connectivity index is 1.98. The van der Waals surface area contributed by atoms with Crippen LogP contribution in [0.15, 0.2) is 33.7 Å². The minimum absolute atomic E-state index is 0.0371. The van der Waals surface area contributed by atoms with E-state index in [1.165, 1.54) is 31.2 Å². The van der Waals surface area contributed by atoms with Gasteiger partial charge in [0, 0.05) is 6.07 Å². The van der Waals surface area contributed by atoms with Crippen molar-refractivity contribution < 1.29 is 26.2 Å². The Kier molecular flexibility index (Phi) is 4.35. The van der Waals surface area contributed by atoms with Crippen LogP contribution in [0.2, 0.25) is 0 Å². The molecule has 2 aromatic rings. The molecule has 1 fully saturated rings. The van der Waals surface area contributed by atoms with Gasteiger partial charge in [0.05, 0.1) is 21.8 Å². The molecule has 0 radical (unpaired) electrons. The molecule has 3 rings (SSSR count). The van der Waals surface area contributed by atoms with E-state index in [9.17, 15) is 21.6 Å². The quantitative estimate of drug-likeness (QED) is 0.809. The van der Waals surface area contributed by atoms with Crippen molar-refractivity contribution in [2.24, 2.45) is 5.41 Å². The number of hydrogen-bond acceptors (Lipinski definition) is 7. The third kappa shape index (κ3) is 3.44. The number of hydrogen-bond donors (Lipinski definition) is 1. The molecule has 1 saturated heterocycles. The first kappa shape index (κ1) is 19.4. The minimum Gasteiger partial charge on any atom is -0.360 e. The van der Waals surface area contributed by atoms with Gasteiger partial charge in [-0.1, -0.05) is 5.16 Å². The Bertz CT molecular complexity index is 1130. The average molecular weight is 413 g/mol. The maximum Gasteiger partial charge on any atom is 0.263 e. The van der Waals surface area contributed by atoms with E-state index in [0.717, 1.165) is 4.31 Å². The monoisotopic (exact) mass is 413 g/mol. The number of carbonyl (C=O) groups excluding carboxylic acids is 1. The number of nitrogens with one attached hydrogen (secondary N) is 1. The van der Waals surface area contributed by atoms with Crippen molar-refractivity contribution in [3.8, 4) is 0 Å². The lowest BCUT2D eigenvalue weighted by Crippen LogP contribution is -2.33. The maximum absolute atomic E-state index is 12.6. The van der Waals surface area contributed by atoms with Crippen LogP contribution in [-0.4, -0.2) is 33.7 Å². The van der Waals surface area contributed by atoms with Crippen molar-refractivity contribution in [2.45, 2.75) is 32.6 Å². The lowest BCUT2D eigenvalue weighted by atomic mass is 9.95. The van der Waals surface area contributed by atoms with Gasteiger partial charge in [0.15, 0.2) is 5.82 Å². The van der Waals surface area contributed by atoms with Gasteiger partial charge in [-0.3, -0.25) is 9.52 Å². The number of amides is 1. The summed E-state index contributed by atoms with van der Waals surface area (Å²) >= 11 is 0. The highest BCUT2D eigenvalue weighted by Gasteiger charge is 2.50. The second-order valence-electron chi connectivity index (χ2n) is 7.09. The molecule has 1 aromatic carbocycles. The zero-order valence-corrected chi connectivity index (χ0v) is 16.8. The smallest absolute Gasteiger partial charge is 0.263 e. The van der Waals surface area contributed by atoms with Crippen LogP contribution in [0.5, 0.6) is 0 Å². The number of aromatic nitrogens is 1. The van der Waals surface area contributed by atoms with E-state index in [-0.39, 0.29) is 27.7 Å². The third-order valence-corrected chi connectivity index (χ3v) is 7.67. The molecule has 1 aliphatic rings. The number of sulfonamides is 2. The first-order valence-corrected chi connectivity index (χ1v) is 11.1. The molecule has 9 nitrogen and oxygen atoms in total. The molecular formula is C16H19N3O6S2. The summed E-state index contributed by atoms with van der Waals surface area (Å²) in [6.07, 6.45) is 0. The van der Waals surface area contributed by atoms with Gasteiger partial charge in [0.2, 0.25) is 15.9 Å². The van der Waals surface area contributed by atoms with Crippen molar-refractivity contribution in [1.82, 2.24) is 5.16 Å². The van der Waals surface area contributed by atoms with Crippen molar-refractivity contribution in [1.29, 1.82) is 0 Å². The highest BCUT2D eigenvalue weighted by Crippen LogP contribution is 2.36. The predicted octanol–water partition coefficient (Wildman–Crippen LogP) is 1.79. The lowest BCUT2D eigenvalue weighted by molar-refractivity contribution is -0.123. The summed E-state index contributed by atoms with van der Waals surface area (Å²) in [5.41, 5.74) is -0.642. The fraction of sp³-hybridized carbons (Fsp3) is 0.375. The van der Waals surface area contributed by atoms with Crippen molar-refractivity contribution in [3.05, 3.63) is 35.6 Å². The summed E-state index contributed by atoms with van der Waals surface area (Å²) in [4.78, 5) is 12.4. The molecule has 0 saturated carbocycles. The van der Waals surface area contributed by atoms with Crippen LogP contribution < -0.4 is 9.03 Å². The van der Waals surface area contributed by atoms with Gasteiger partial charge in [-0.05, 0) is 51.5 Å². The van der Waals surface area contributed by atoms with Crippen LogP contribution in [0.1, 0.15) is 25.2 Å². The number of carbonyl (C=O) groups is 1. The van der Waals surface area contributed by atoms with Gasteiger partial charge in [0.25, 0.3) is 10.0 Å². The molecule has 0 aliphatic carbocycles. The van der Waals surface area contributed by atoms with E-state index in [1.54, 1.807) is 20.8 Å². The van der Waals surface area contributed by atoms with E-state index >= 15 is 0 Å². The van der Waals surface area contributed by atoms with Gasteiger partial charge >= 0.3 is 0 Å². The Morgan fingerprint density at radius 1 is 1.22 bits per heavy atom. The molecule has 0 bridgehead atoms. The number of anilines is 2. The Labute approximate surface area is 157 Å². The zero-order valence-electron chi connectivity index (χ0n) is 15.2. The zero-order chi connectivity index (χ0) is 20.2. The van der Waals surface area contributed by atoms with Gasteiger partial charge in [-0.25, -0.2) is 21.1 Å². The van der Waals surface area contributed by atoms with Crippen LogP contribution >= 0.6 is 0 Å². The summed E-state index contributed by atoms with van der Waals surface area (Å²) in [6, 6.07) is 5.35. The van der Waals surface area contributed by atoms with Crippen LogP contribution in [0.25, 0.3) is 0 Å². The summed E-state index contributed by atoms with van der Waals surface area (Å²) in [7, 11) is -7.77. The Morgan fingerprint density at radius 2 is 1.89 bits per heavy atom. The van der Waals surface area contributed by atoms with Gasteiger partial charge in [-0.15, -0.1) is 0 Å². The van der Waals surface area contributed by atoms with E-state index in [2.05, 4.69) is 9.88 Å². The fourth-order valence-electron chi connectivity index (χ4n) is 2.93. The third-order valence-electron chi connectivity index (χ3n) is 4.13. The van der Waals surface area contributed by atoms with Crippen molar-refractivity contribution >= 4 is 37.5 Å². The molecule has 0 spiro atoms. The SMILES string of the molecule is Cc1cc(NS(=O)(=O)c2ccc(N3C(=O)C(C)(C)CS3(=O)=O)cc2C)no1. The molecule has 2 heterocycles. The van der Waals surface area contributed by atoms with E-state index < -0.39 is 31.4 Å². The van der Waals surface area contributed by atoms with E-state index in [4.69, 9.17) is 4.52 Å². The highest BCUT2D eigenvalue weighted by atomic mass is 32.2. The Hall–Kier alpha value is -2.40. The summed E-state index contributed by atoms with van der Waals surface area (Å²) in [6.45, 7) is 6.26. The second-order valence-corrected chi connectivity index (χ2v) is 10.6. The highest BCUT2D eigenvalue weighted by molar-refractivity contribution is 7.94. The second kappa shape index (κ2) is 6.06. The maximum atomic E-state index is 12.6. The number of nitrogens with zero attached hydrogens (tertiary/aromatic N) is 2.